The van der Waals surface area contributed by atoms with Gasteiger partial charge in [-0.1, -0.05) is 83.1 Å². The van der Waals surface area contributed by atoms with Crippen molar-refractivity contribution in [3.63, 3.8) is 0 Å². The lowest BCUT2D eigenvalue weighted by Gasteiger charge is -2.55. The van der Waals surface area contributed by atoms with E-state index in [1.54, 1.807) is 0 Å². The summed E-state index contributed by atoms with van der Waals surface area (Å²) < 4.78 is 0. The number of fused-ring (bicyclic) bond motifs is 1. The zero-order valence-corrected chi connectivity index (χ0v) is 15.0. The largest absolute Gasteiger partial charge is 0.0776 e. The molecule has 0 spiro atoms. The molecule has 0 aromatic rings. The molecule has 23 heavy (non-hydrogen) atoms. The van der Waals surface area contributed by atoms with Crippen molar-refractivity contribution in [2.45, 2.75) is 115 Å². The van der Waals surface area contributed by atoms with Gasteiger partial charge in [0.2, 0.25) is 0 Å². The summed E-state index contributed by atoms with van der Waals surface area (Å²) in [5, 5.41) is 0. The summed E-state index contributed by atoms with van der Waals surface area (Å²) in [5.74, 6) is 3.95. The molecule has 5 unspecified atom stereocenters. The molecule has 2 rings (SSSR count). The highest BCUT2D eigenvalue weighted by molar-refractivity contribution is 4.98. The van der Waals surface area contributed by atoms with Crippen LogP contribution in [0.25, 0.3) is 0 Å². The molecule has 0 heterocycles. The fraction of sp³-hybridized carbons (Fsp3) is 1.00. The Morgan fingerprint density at radius 1 is 1.00 bits per heavy atom. The van der Waals surface area contributed by atoms with E-state index in [0.29, 0.717) is 10.8 Å². The van der Waals surface area contributed by atoms with Crippen molar-refractivity contribution in [1.29, 1.82) is 0 Å². The molecule has 2 aliphatic carbocycles. The molecule has 0 heteroatoms. The molecule has 0 nitrogen and oxygen atoms in total. The summed E-state index contributed by atoms with van der Waals surface area (Å²) in [6.45, 7) is 15.0. The minimum absolute atomic E-state index is 0. The van der Waals surface area contributed by atoms with Crippen LogP contribution in [0.2, 0.25) is 0 Å². The first-order valence-electron chi connectivity index (χ1n) is 9.28. The summed E-state index contributed by atoms with van der Waals surface area (Å²) in [6.07, 6.45) is 11.7. The Bertz CT molecular complexity index is 316. The zero-order chi connectivity index (χ0) is 15.0. The van der Waals surface area contributed by atoms with Gasteiger partial charge in [0.25, 0.3) is 0 Å². The average Bonchev–Trinajstić information content (AvgIpc) is 2.39. The fourth-order valence-electron chi connectivity index (χ4n) is 5.22. The molecule has 2 aliphatic rings. The Morgan fingerprint density at radius 3 is 2.17 bits per heavy atom. The maximum atomic E-state index is 2.66. The molecule has 0 bridgehead atoms. The Kier molecular flexibility index (Phi) is 10.4. The van der Waals surface area contributed by atoms with Gasteiger partial charge in [0, 0.05) is 0 Å². The minimum atomic E-state index is 0. The van der Waals surface area contributed by atoms with Crippen LogP contribution in [-0.4, -0.2) is 0 Å². The Morgan fingerprint density at radius 2 is 1.61 bits per heavy atom. The maximum absolute atomic E-state index is 2.66. The van der Waals surface area contributed by atoms with E-state index in [2.05, 4.69) is 41.5 Å². The van der Waals surface area contributed by atoms with Gasteiger partial charge in [-0.3, -0.25) is 0 Å². The van der Waals surface area contributed by atoms with E-state index in [-0.39, 0.29) is 22.3 Å². The number of hydrogen-bond donors (Lipinski definition) is 0. The van der Waals surface area contributed by atoms with Crippen LogP contribution in [0.3, 0.4) is 0 Å². The SMILES string of the molecule is C.C.C.CCC(C)(C)CCC1C(C)CCC2CC(C)CCC21C. The molecule has 142 valence electrons. The summed E-state index contributed by atoms with van der Waals surface area (Å²) in [5.41, 5.74) is 1.21. The van der Waals surface area contributed by atoms with Crippen LogP contribution in [0.4, 0.5) is 0 Å². The van der Waals surface area contributed by atoms with E-state index in [4.69, 9.17) is 0 Å². The van der Waals surface area contributed by atoms with Gasteiger partial charge in [0.15, 0.2) is 0 Å². The van der Waals surface area contributed by atoms with E-state index in [0.717, 1.165) is 23.7 Å². The second-order valence-corrected chi connectivity index (χ2v) is 9.30. The van der Waals surface area contributed by atoms with Crippen LogP contribution in [0.5, 0.6) is 0 Å². The molecule has 0 aliphatic heterocycles. The van der Waals surface area contributed by atoms with Gasteiger partial charge in [0.05, 0.1) is 0 Å². The van der Waals surface area contributed by atoms with Crippen molar-refractivity contribution in [1.82, 2.24) is 0 Å². The fourth-order valence-corrected chi connectivity index (χ4v) is 5.22. The van der Waals surface area contributed by atoms with Gasteiger partial charge >= 0.3 is 0 Å². The van der Waals surface area contributed by atoms with E-state index in [1.165, 1.54) is 51.4 Å². The first-order valence-corrected chi connectivity index (χ1v) is 9.28. The predicted molar refractivity (Wildman–Crippen MR) is 110 cm³/mol. The van der Waals surface area contributed by atoms with Gasteiger partial charge in [-0.05, 0) is 66.6 Å². The first-order chi connectivity index (χ1) is 9.28. The molecule has 0 aromatic heterocycles. The molecule has 0 aromatic carbocycles. The molecule has 5 atom stereocenters. The zero-order valence-electron chi connectivity index (χ0n) is 15.0. The van der Waals surface area contributed by atoms with Gasteiger partial charge in [-0.25, -0.2) is 0 Å². The number of hydrogen-bond acceptors (Lipinski definition) is 0. The Labute approximate surface area is 150 Å². The van der Waals surface area contributed by atoms with E-state index < -0.39 is 0 Å². The average molecular weight is 327 g/mol. The third-order valence-corrected chi connectivity index (χ3v) is 7.39. The van der Waals surface area contributed by atoms with Gasteiger partial charge in [0.1, 0.15) is 0 Å². The lowest BCUT2D eigenvalue weighted by atomic mass is 9.50. The highest BCUT2D eigenvalue weighted by Crippen LogP contribution is 2.58. The molecule has 0 N–H and O–H groups in total. The third-order valence-electron chi connectivity index (χ3n) is 7.39. The summed E-state index contributed by atoms with van der Waals surface area (Å²) in [4.78, 5) is 0. The van der Waals surface area contributed by atoms with Crippen LogP contribution in [0.1, 0.15) is 115 Å². The van der Waals surface area contributed by atoms with Crippen molar-refractivity contribution in [2.75, 3.05) is 0 Å². The van der Waals surface area contributed by atoms with E-state index in [1.807, 2.05) is 0 Å². The van der Waals surface area contributed by atoms with Crippen LogP contribution in [0.15, 0.2) is 0 Å². The summed E-state index contributed by atoms with van der Waals surface area (Å²) in [7, 11) is 0. The van der Waals surface area contributed by atoms with Crippen molar-refractivity contribution in [2.24, 2.45) is 34.5 Å². The summed E-state index contributed by atoms with van der Waals surface area (Å²) in [6, 6.07) is 0. The molecule has 2 saturated carbocycles. The van der Waals surface area contributed by atoms with Crippen molar-refractivity contribution in [3.8, 4) is 0 Å². The molecule has 0 radical (unpaired) electrons. The lowest BCUT2D eigenvalue weighted by molar-refractivity contribution is -0.0510. The van der Waals surface area contributed by atoms with E-state index in [9.17, 15) is 0 Å². The monoisotopic (exact) mass is 326 g/mol. The second kappa shape index (κ2) is 9.47. The topological polar surface area (TPSA) is 0 Å². The molecule has 0 amide bonds. The smallest absolute Gasteiger partial charge is 0.0266 e. The lowest BCUT2D eigenvalue weighted by Crippen LogP contribution is -2.46. The van der Waals surface area contributed by atoms with Crippen LogP contribution >= 0.6 is 0 Å². The molecule has 2 fully saturated rings. The van der Waals surface area contributed by atoms with Crippen LogP contribution in [-0.2, 0) is 0 Å². The second-order valence-electron chi connectivity index (χ2n) is 9.30. The highest BCUT2D eigenvalue weighted by Gasteiger charge is 2.48. The van der Waals surface area contributed by atoms with Crippen molar-refractivity contribution < 1.29 is 0 Å². The molecular weight excluding hydrogens is 276 g/mol. The Balaban J connectivity index is 0. The maximum Gasteiger partial charge on any atom is -0.0266 e. The highest BCUT2D eigenvalue weighted by atomic mass is 14.5. The standard InChI is InChI=1S/C20H38.3CH4/c1-7-19(4,5)12-11-18-16(3)8-9-17-14-15(2)10-13-20(17,18)6;;;/h15-18H,7-14H2,1-6H3;3*1H4. The van der Waals surface area contributed by atoms with Gasteiger partial charge in [-0.15, -0.1) is 0 Å². The van der Waals surface area contributed by atoms with Crippen LogP contribution < -0.4 is 0 Å². The van der Waals surface area contributed by atoms with Gasteiger partial charge in [-0.2, -0.15) is 0 Å². The number of rotatable bonds is 4. The minimum Gasteiger partial charge on any atom is -0.0776 e. The molecular formula is C23H50. The quantitative estimate of drug-likeness (QED) is 0.485. The summed E-state index contributed by atoms with van der Waals surface area (Å²) >= 11 is 0. The van der Waals surface area contributed by atoms with Crippen molar-refractivity contribution >= 4 is 0 Å². The normalized spacial score (nSPS) is 36.8. The van der Waals surface area contributed by atoms with Crippen molar-refractivity contribution in [3.05, 3.63) is 0 Å². The third kappa shape index (κ3) is 5.50. The van der Waals surface area contributed by atoms with Crippen LogP contribution in [0, 0.1) is 34.5 Å². The Hall–Kier alpha value is 0. The predicted octanol–water partition coefficient (Wildman–Crippen LogP) is 8.60. The van der Waals surface area contributed by atoms with E-state index >= 15 is 0 Å². The first kappa shape index (κ1) is 25.2. The van der Waals surface area contributed by atoms with Gasteiger partial charge < -0.3 is 0 Å². The molecule has 0 saturated heterocycles.